The molecular weight excluding hydrogens is 264 g/mol. The topological polar surface area (TPSA) is 38.7 Å². The first-order chi connectivity index (χ1) is 10.4. The van der Waals surface area contributed by atoms with Crippen LogP contribution in [0.5, 0.6) is 11.5 Å². The molecule has 0 unspecified atom stereocenters. The van der Waals surface area contributed by atoms with E-state index in [2.05, 4.69) is 12.1 Å². The third-order valence-corrected chi connectivity index (χ3v) is 4.06. The van der Waals surface area contributed by atoms with Crippen molar-refractivity contribution in [1.29, 1.82) is 0 Å². The van der Waals surface area contributed by atoms with Crippen LogP contribution in [0.1, 0.15) is 63.4 Å². The van der Waals surface area contributed by atoms with Crippen LogP contribution >= 0.6 is 0 Å². The number of benzene rings is 1. The van der Waals surface area contributed by atoms with E-state index in [4.69, 9.17) is 14.6 Å². The zero-order chi connectivity index (χ0) is 14.8. The molecule has 1 aromatic rings. The summed E-state index contributed by atoms with van der Waals surface area (Å²) in [5.74, 6) is 1.77. The first-order valence-electron chi connectivity index (χ1n) is 8.39. The normalized spacial score (nSPS) is 12.8. The van der Waals surface area contributed by atoms with Gasteiger partial charge in [0, 0.05) is 6.61 Å². The number of unbranched alkanes of at least 4 members (excludes halogenated alkanes) is 8. The van der Waals surface area contributed by atoms with Crippen molar-refractivity contribution in [2.75, 3.05) is 13.4 Å². The number of hydrogen-bond donors (Lipinski definition) is 1. The van der Waals surface area contributed by atoms with Gasteiger partial charge in [-0.3, -0.25) is 0 Å². The highest BCUT2D eigenvalue weighted by Gasteiger charge is 2.12. The molecule has 1 aliphatic heterocycles. The van der Waals surface area contributed by atoms with E-state index in [1.54, 1.807) is 0 Å². The third kappa shape index (κ3) is 5.96. The van der Waals surface area contributed by atoms with Crippen LogP contribution in [0.15, 0.2) is 18.2 Å². The van der Waals surface area contributed by atoms with Crippen LogP contribution in [0.3, 0.4) is 0 Å². The minimum Gasteiger partial charge on any atom is -0.454 e. The van der Waals surface area contributed by atoms with Crippen molar-refractivity contribution in [2.45, 2.75) is 64.2 Å². The molecule has 1 heterocycles. The van der Waals surface area contributed by atoms with E-state index in [1.807, 2.05) is 6.07 Å². The van der Waals surface area contributed by atoms with Gasteiger partial charge in [-0.25, -0.2) is 0 Å². The number of ether oxygens (including phenoxy) is 2. The third-order valence-electron chi connectivity index (χ3n) is 4.06. The number of hydrogen-bond acceptors (Lipinski definition) is 3. The van der Waals surface area contributed by atoms with Gasteiger partial charge < -0.3 is 14.6 Å². The highest BCUT2D eigenvalue weighted by atomic mass is 16.7. The Bertz CT molecular complexity index is 403. The van der Waals surface area contributed by atoms with Crippen LogP contribution in [0, 0.1) is 0 Å². The Kier molecular flexibility index (Phi) is 7.44. The second-order valence-electron chi connectivity index (χ2n) is 5.84. The first-order valence-corrected chi connectivity index (χ1v) is 8.39. The molecule has 0 aliphatic carbocycles. The fraction of sp³-hybridized carbons (Fsp3) is 0.667. The second kappa shape index (κ2) is 9.67. The van der Waals surface area contributed by atoms with Gasteiger partial charge in [-0.1, -0.05) is 51.0 Å². The summed E-state index contributed by atoms with van der Waals surface area (Å²) in [5, 5.41) is 8.70. The average molecular weight is 292 g/mol. The molecule has 0 aromatic heterocycles. The van der Waals surface area contributed by atoms with E-state index in [9.17, 15) is 0 Å². The zero-order valence-electron chi connectivity index (χ0n) is 13.0. The van der Waals surface area contributed by atoms with Crippen molar-refractivity contribution >= 4 is 0 Å². The Morgan fingerprint density at radius 3 is 2.10 bits per heavy atom. The maximum absolute atomic E-state index is 8.70. The van der Waals surface area contributed by atoms with E-state index in [1.165, 1.54) is 56.9 Å². The highest BCUT2D eigenvalue weighted by Crippen LogP contribution is 2.32. The summed E-state index contributed by atoms with van der Waals surface area (Å²) < 4.78 is 10.7. The quantitative estimate of drug-likeness (QED) is 0.612. The maximum atomic E-state index is 8.70. The maximum Gasteiger partial charge on any atom is 0.231 e. The summed E-state index contributed by atoms with van der Waals surface area (Å²) in [6.07, 6.45) is 12.5. The Labute approximate surface area is 128 Å². The van der Waals surface area contributed by atoms with E-state index < -0.39 is 0 Å². The SMILES string of the molecule is OCCCCCCCCCCCc1ccc2c(c1)OCO2. The Morgan fingerprint density at radius 1 is 0.762 bits per heavy atom. The van der Waals surface area contributed by atoms with Crippen molar-refractivity contribution in [3.63, 3.8) is 0 Å². The van der Waals surface area contributed by atoms with Gasteiger partial charge in [0.05, 0.1) is 0 Å². The van der Waals surface area contributed by atoms with E-state index in [-0.39, 0.29) is 0 Å². The summed E-state index contributed by atoms with van der Waals surface area (Å²) in [5.41, 5.74) is 1.35. The summed E-state index contributed by atoms with van der Waals surface area (Å²) in [7, 11) is 0. The van der Waals surface area contributed by atoms with Gasteiger partial charge in [0.1, 0.15) is 0 Å². The van der Waals surface area contributed by atoms with Crippen LogP contribution in [0.4, 0.5) is 0 Å². The van der Waals surface area contributed by atoms with Crippen LogP contribution in [0.2, 0.25) is 0 Å². The molecule has 0 bridgehead atoms. The smallest absolute Gasteiger partial charge is 0.231 e. The van der Waals surface area contributed by atoms with Crippen LogP contribution in [-0.4, -0.2) is 18.5 Å². The van der Waals surface area contributed by atoms with Gasteiger partial charge >= 0.3 is 0 Å². The van der Waals surface area contributed by atoms with Crippen molar-refractivity contribution < 1.29 is 14.6 Å². The molecule has 0 spiro atoms. The predicted molar refractivity (Wildman–Crippen MR) is 84.9 cm³/mol. The van der Waals surface area contributed by atoms with Crippen LogP contribution in [0.25, 0.3) is 0 Å². The van der Waals surface area contributed by atoms with Gasteiger partial charge in [-0.15, -0.1) is 0 Å². The van der Waals surface area contributed by atoms with Gasteiger partial charge in [0.25, 0.3) is 0 Å². The molecule has 118 valence electrons. The minimum atomic E-state index is 0.347. The molecule has 3 nitrogen and oxygen atoms in total. The molecule has 21 heavy (non-hydrogen) atoms. The molecule has 1 aromatic carbocycles. The fourth-order valence-electron chi connectivity index (χ4n) is 2.77. The molecule has 1 N–H and O–H groups in total. The molecule has 1 aliphatic rings. The lowest BCUT2D eigenvalue weighted by atomic mass is 10.0. The standard InChI is InChI=1S/C18H28O3/c19-13-9-7-5-3-1-2-4-6-8-10-16-11-12-17-18(14-16)21-15-20-17/h11-12,14,19H,1-10,13,15H2. The van der Waals surface area contributed by atoms with Crippen LogP contribution < -0.4 is 9.47 Å². The van der Waals surface area contributed by atoms with Gasteiger partial charge in [0.15, 0.2) is 11.5 Å². The van der Waals surface area contributed by atoms with Crippen molar-refractivity contribution in [3.05, 3.63) is 23.8 Å². The lowest BCUT2D eigenvalue weighted by molar-refractivity contribution is 0.174. The molecule has 0 radical (unpaired) electrons. The number of aliphatic hydroxyl groups excluding tert-OH is 1. The fourth-order valence-corrected chi connectivity index (χ4v) is 2.77. The van der Waals surface area contributed by atoms with E-state index in [0.717, 1.165) is 24.3 Å². The van der Waals surface area contributed by atoms with Crippen molar-refractivity contribution in [3.8, 4) is 11.5 Å². The summed E-state index contributed by atoms with van der Waals surface area (Å²) in [6.45, 7) is 0.705. The van der Waals surface area contributed by atoms with E-state index in [0.29, 0.717) is 13.4 Å². The molecule has 0 saturated carbocycles. The number of rotatable bonds is 11. The minimum absolute atomic E-state index is 0.347. The lowest BCUT2D eigenvalue weighted by Crippen LogP contribution is -1.93. The number of aliphatic hydroxyl groups is 1. The largest absolute Gasteiger partial charge is 0.454 e. The van der Waals surface area contributed by atoms with Crippen LogP contribution in [-0.2, 0) is 6.42 Å². The Hall–Kier alpha value is -1.22. The van der Waals surface area contributed by atoms with Gasteiger partial charge in [0.2, 0.25) is 6.79 Å². The molecule has 0 fully saturated rings. The summed E-state index contributed by atoms with van der Waals surface area (Å²) in [4.78, 5) is 0. The summed E-state index contributed by atoms with van der Waals surface area (Å²) in [6, 6.07) is 6.28. The molecular formula is C18H28O3. The molecule has 2 rings (SSSR count). The number of aryl methyl sites for hydroxylation is 1. The molecule has 0 saturated heterocycles. The van der Waals surface area contributed by atoms with Crippen molar-refractivity contribution in [2.24, 2.45) is 0 Å². The van der Waals surface area contributed by atoms with Gasteiger partial charge in [-0.05, 0) is 37.0 Å². The Balaban J connectivity index is 1.47. The first kappa shape index (κ1) is 16.2. The highest BCUT2D eigenvalue weighted by molar-refractivity contribution is 5.44. The number of fused-ring (bicyclic) bond motifs is 1. The monoisotopic (exact) mass is 292 g/mol. The predicted octanol–water partition coefficient (Wildman–Crippen LogP) is 4.46. The molecule has 0 atom stereocenters. The summed E-state index contributed by atoms with van der Waals surface area (Å²) >= 11 is 0. The average Bonchev–Trinajstić information content (AvgIpc) is 2.97. The van der Waals surface area contributed by atoms with Crippen molar-refractivity contribution in [1.82, 2.24) is 0 Å². The van der Waals surface area contributed by atoms with E-state index >= 15 is 0 Å². The molecule has 3 heteroatoms. The lowest BCUT2D eigenvalue weighted by Gasteiger charge is -2.04. The zero-order valence-corrected chi connectivity index (χ0v) is 13.0. The second-order valence-corrected chi connectivity index (χ2v) is 5.84. The molecule has 0 amide bonds. The van der Waals surface area contributed by atoms with Gasteiger partial charge in [-0.2, -0.15) is 0 Å². The Morgan fingerprint density at radius 2 is 1.38 bits per heavy atom.